The molecular formula is C7H5ClF6N2O. The van der Waals surface area contributed by atoms with Crippen LogP contribution in [0.25, 0.3) is 0 Å². The van der Waals surface area contributed by atoms with E-state index in [0.29, 0.717) is 0 Å². The lowest BCUT2D eigenvalue weighted by molar-refractivity contribution is -0.259. The van der Waals surface area contributed by atoms with E-state index < -0.39 is 35.4 Å². The molecule has 0 aromatic carbocycles. The molecule has 0 saturated carbocycles. The van der Waals surface area contributed by atoms with Crippen molar-refractivity contribution < 1.29 is 30.9 Å². The first-order chi connectivity index (χ1) is 7.53. The van der Waals surface area contributed by atoms with Gasteiger partial charge in [0.05, 0.1) is 5.38 Å². The number of nitrogens with zero attached hydrogens (tertiary/aromatic N) is 2. The molecule has 1 aromatic rings. The van der Waals surface area contributed by atoms with Crippen LogP contribution in [-0.4, -0.2) is 22.5 Å². The van der Waals surface area contributed by atoms with Gasteiger partial charge < -0.3 is 4.52 Å². The molecule has 0 bridgehead atoms. The van der Waals surface area contributed by atoms with Crippen molar-refractivity contribution in [3.8, 4) is 0 Å². The van der Waals surface area contributed by atoms with E-state index in [2.05, 4.69) is 14.7 Å². The van der Waals surface area contributed by atoms with Gasteiger partial charge in [-0.1, -0.05) is 5.16 Å². The van der Waals surface area contributed by atoms with Crippen LogP contribution >= 0.6 is 11.6 Å². The van der Waals surface area contributed by atoms with Crippen molar-refractivity contribution in [3.63, 3.8) is 0 Å². The summed E-state index contributed by atoms with van der Waals surface area (Å²) in [5.41, 5.74) is 0. The number of hydrogen-bond acceptors (Lipinski definition) is 3. The Morgan fingerprint density at radius 1 is 1.12 bits per heavy atom. The third-order valence-electron chi connectivity index (χ3n) is 1.71. The van der Waals surface area contributed by atoms with Crippen molar-refractivity contribution in [1.82, 2.24) is 10.1 Å². The second-order valence-electron chi connectivity index (χ2n) is 3.12. The van der Waals surface area contributed by atoms with Gasteiger partial charge in [-0.15, -0.1) is 11.6 Å². The van der Waals surface area contributed by atoms with E-state index >= 15 is 0 Å². The molecule has 0 aliphatic heterocycles. The second kappa shape index (κ2) is 4.35. The average molecular weight is 283 g/mol. The first-order valence-corrected chi connectivity index (χ1v) is 4.58. The van der Waals surface area contributed by atoms with Crippen molar-refractivity contribution in [2.24, 2.45) is 0 Å². The molecule has 0 fully saturated rings. The molecule has 3 nitrogen and oxygen atoms in total. The summed E-state index contributed by atoms with van der Waals surface area (Å²) in [5.74, 6) is -5.79. The van der Waals surface area contributed by atoms with Crippen molar-refractivity contribution in [3.05, 3.63) is 11.7 Å². The fourth-order valence-electron chi connectivity index (χ4n) is 0.992. The summed E-state index contributed by atoms with van der Waals surface area (Å²) in [7, 11) is 0. The molecule has 1 atom stereocenters. The maximum atomic E-state index is 12.2. The van der Waals surface area contributed by atoms with Gasteiger partial charge in [-0.2, -0.15) is 31.3 Å². The van der Waals surface area contributed by atoms with E-state index in [1.54, 1.807) is 0 Å². The van der Waals surface area contributed by atoms with Gasteiger partial charge in [-0.3, -0.25) is 0 Å². The first-order valence-electron chi connectivity index (χ1n) is 4.14. The van der Waals surface area contributed by atoms with Gasteiger partial charge in [0.1, 0.15) is 0 Å². The SMILES string of the molecule is CC(Cl)c1noc(C(C(F)(F)F)C(F)(F)F)n1. The Kier molecular flexibility index (Phi) is 3.60. The Morgan fingerprint density at radius 3 is 1.88 bits per heavy atom. The lowest BCUT2D eigenvalue weighted by atomic mass is 10.1. The Labute approximate surface area is 95.7 Å². The minimum absolute atomic E-state index is 0.430. The highest BCUT2D eigenvalue weighted by molar-refractivity contribution is 6.20. The van der Waals surface area contributed by atoms with E-state index in [-0.39, 0.29) is 0 Å². The van der Waals surface area contributed by atoms with Crippen LogP contribution in [0.15, 0.2) is 4.52 Å². The molecule has 0 saturated heterocycles. The predicted octanol–water partition coefficient (Wildman–Crippen LogP) is 3.58. The van der Waals surface area contributed by atoms with Crippen molar-refractivity contribution in [2.45, 2.75) is 30.6 Å². The second-order valence-corrected chi connectivity index (χ2v) is 3.78. The van der Waals surface area contributed by atoms with Crippen LogP contribution in [0.2, 0.25) is 0 Å². The minimum atomic E-state index is -5.56. The average Bonchev–Trinajstić information content (AvgIpc) is 2.46. The fourth-order valence-corrected chi connectivity index (χ4v) is 1.08. The van der Waals surface area contributed by atoms with Crippen molar-refractivity contribution in [2.75, 3.05) is 0 Å². The summed E-state index contributed by atoms with van der Waals surface area (Å²) in [6, 6.07) is 0. The Balaban J connectivity index is 3.15. The summed E-state index contributed by atoms with van der Waals surface area (Å²) < 4.78 is 77.3. The van der Waals surface area contributed by atoms with Crippen LogP contribution < -0.4 is 0 Å². The van der Waals surface area contributed by atoms with Crippen molar-refractivity contribution in [1.29, 1.82) is 0 Å². The van der Waals surface area contributed by atoms with E-state index in [1.165, 1.54) is 6.92 Å². The monoisotopic (exact) mass is 282 g/mol. The molecule has 1 unspecified atom stereocenters. The maximum Gasteiger partial charge on any atom is 0.409 e. The van der Waals surface area contributed by atoms with E-state index in [1.807, 2.05) is 0 Å². The van der Waals surface area contributed by atoms with E-state index in [0.717, 1.165) is 0 Å². The zero-order valence-corrected chi connectivity index (χ0v) is 8.86. The highest BCUT2D eigenvalue weighted by Gasteiger charge is 2.60. The Bertz CT molecular complexity index is 370. The Morgan fingerprint density at radius 2 is 1.59 bits per heavy atom. The van der Waals surface area contributed by atoms with Crippen LogP contribution in [0.3, 0.4) is 0 Å². The van der Waals surface area contributed by atoms with Crippen molar-refractivity contribution >= 4 is 11.6 Å². The van der Waals surface area contributed by atoms with Gasteiger partial charge in [0.15, 0.2) is 5.82 Å². The summed E-state index contributed by atoms with van der Waals surface area (Å²) in [6.45, 7) is 1.28. The number of halogens is 7. The predicted molar refractivity (Wildman–Crippen MR) is 43.4 cm³/mol. The standard InChI is InChI=1S/C7H5ClF6N2O/c1-2(8)4-15-5(17-16-4)3(6(9,10)11)7(12,13)14/h2-3H,1H3. The van der Waals surface area contributed by atoms with E-state index in [9.17, 15) is 26.3 Å². The van der Waals surface area contributed by atoms with Gasteiger partial charge >= 0.3 is 12.4 Å². The number of alkyl halides is 7. The maximum absolute atomic E-state index is 12.2. The molecule has 0 amide bonds. The Hall–Kier alpha value is -0.990. The van der Waals surface area contributed by atoms with Crippen LogP contribution in [0.1, 0.15) is 29.9 Å². The van der Waals surface area contributed by atoms with Gasteiger partial charge in [-0.25, -0.2) is 0 Å². The molecule has 0 aliphatic carbocycles. The first kappa shape index (κ1) is 14.1. The molecule has 10 heteroatoms. The van der Waals surface area contributed by atoms with Crippen LogP contribution in [0.5, 0.6) is 0 Å². The lowest BCUT2D eigenvalue weighted by Crippen LogP contribution is -2.34. The van der Waals surface area contributed by atoms with E-state index in [4.69, 9.17) is 11.6 Å². The van der Waals surface area contributed by atoms with Gasteiger partial charge in [0, 0.05) is 0 Å². The third-order valence-corrected chi connectivity index (χ3v) is 1.91. The molecule has 1 aromatic heterocycles. The highest BCUT2D eigenvalue weighted by Crippen LogP contribution is 2.45. The molecule has 17 heavy (non-hydrogen) atoms. The number of rotatable bonds is 2. The summed E-state index contributed by atoms with van der Waals surface area (Å²) in [5, 5.41) is 2.00. The zero-order valence-electron chi connectivity index (χ0n) is 8.10. The normalized spacial score (nSPS) is 15.4. The third kappa shape index (κ3) is 3.24. The fraction of sp³-hybridized carbons (Fsp3) is 0.714. The summed E-state index contributed by atoms with van der Waals surface area (Å²) in [4.78, 5) is 2.99. The largest absolute Gasteiger partial charge is 0.409 e. The van der Waals surface area contributed by atoms with Gasteiger partial charge in [-0.05, 0) is 6.92 Å². The molecule has 0 spiro atoms. The molecule has 1 heterocycles. The minimum Gasteiger partial charge on any atom is -0.338 e. The zero-order chi connectivity index (χ0) is 13.4. The van der Waals surface area contributed by atoms with Crippen LogP contribution in [-0.2, 0) is 0 Å². The molecule has 0 aliphatic rings. The van der Waals surface area contributed by atoms with Crippen LogP contribution in [0.4, 0.5) is 26.3 Å². The quantitative estimate of drug-likeness (QED) is 0.615. The molecule has 1 rings (SSSR count). The topological polar surface area (TPSA) is 38.9 Å². The molecule has 0 radical (unpaired) electrons. The molecule has 0 N–H and O–H groups in total. The van der Waals surface area contributed by atoms with Gasteiger partial charge in [0.2, 0.25) is 11.8 Å². The smallest absolute Gasteiger partial charge is 0.338 e. The molecule has 98 valence electrons. The van der Waals surface area contributed by atoms with Gasteiger partial charge in [0.25, 0.3) is 0 Å². The summed E-state index contributed by atoms with van der Waals surface area (Å²) in [6.07, 6.45) is -11.1. The molecular weight excluding hydrogens is 278 g/mol. The lowest BCUT2D eigenvalue weighted by Gasteiger charge is -2.18. The highest BCUT2D eigenvalue weighted by atomic mass is 35.5. The summed E-state index contributed by atoms with van der Waals surface area (Å²) >= 11 is 5.40. The number of hydrogen-bond donors (Lipinski definition) is 0. The van der Waals surface area contributed by atoms with Crippen LogP contribution in [0, 0.1) is 0 Å². The number of aromatic nitrogens is 2.